The number of nitrogens with zero attached hydrogens (tertiary/aromatic N) is 1. The van der Waals surface area contributed by atoms with E-state index in [4.69, 9.17) is 10.6 Å². The summed E-state index contributed by atoms with van der Waals surface area (Å²) in [5, 5.41) is 3.02. The lowest BCUT2D eigenvalue weighted by molar-refractivity contribution is 0.382. The molecule has 2 aromatic rings. The van der Waals surface area contributed by atoms with E-state index in [1.165, 1.54) is 7.11 Å². The van der Waals surface area contributed by atoms with Crippen molar-refractivity contribution in [1.82, 2.24) is 10.4 Å². The SMILES string of the molecule is COc1cccc(CC(Cc2csc(C)n2)NN)c1F. The van der Waals surface area contributed by atoms with Crippen molar-refractivity contribution in [3.63, 3.8) is 0 Å². The zero-order valence-corrected chi connectivity index (χ0v) is 12.3. The molecule has 108 valence electrons. The minimum atomic E-state index is -0.329. The van der Waals surface area contributed by atoms with E-state index < -0.39 is 0 Å². The van der Waals surface area contributed by atoms with Crippen LogP contribution >= 0.6 is 11.3 Å². The lowest BCUT2D eigenvalue weighted by atomic mass is 10.0. The van der Waals surface area contributed by atoms with E-state index in [0.29, 0.717) is 18.4 Å². The third kappa shape index (κ3) is 3.53. The van der Waals surface area contributed by atoms with E-state index in [2.05, 4.69) is 10.4 Å². The predicted molar refractivity (Wildman–Crippen MR) is 78.3 cm³/mol. The van der Waals surface area contributed by atoms with Gasteiger partial charge in [0.2, 0.25) is 0 Å². The molecule has 4 nitrogen and oxygen atoms in total. The second-order valence-electron chi connectivity index (χ2n) is 4.56. The molecule has 0 fully saturated rings. The number of hydrazine groups is 1. The van der Waals surface area contributed by atoms with E-state index >= 15 is 0 Å². The Bertz CT molecular complexity index is 573. The number of nitrogens with one attached hydrogen (secondary N) is 1. The highest BCUT2D eigenvalue weighted by molar-refractivity contribution is 7.09. The van der Waals surface area contributed by atoms with Gasteiger partial charge in [0.25, 0.3) is 0 Å². The molecule has 0 aliphatic rings. The van der Waals surface area contributed by atoms with Gasteiger partial charge in [-0.25, -0.2) is 9.37 Å². The Hall–Kier alpha value is -1.50. The average molecular weight is 295 g/mol. The fourth-order valence-electron chi connectivity index (χ4n) is 2.08. The number of ether oxygens (including phenoxy) is 1. The maximum Gasteiger partial charge on any atom is 0.168 e. The predicted octanol–water partition coefficient (Wildman–Crippen LogP) is 2.22. The van der Waals surface area contributed by atoms with Crippen molar-refractivity contribution in [1.29, 1.82) is 0 Å². The largest absolute Gasteiger partial charge is 0.494 e. The molecule has 6 heteroatoms. The molecule has 3 N–H and O–H groups in total. The number of hydrogen-bond donors (Lipinski definition) is 2. The van der Waals surface area contributed by atoms with Crippen molar-refractivity contribution in [3.05, 3.63) is 45.7 Å². The molecule has 20 heavy (non-hydrogen) atoms. The lowest BCUT2D eigenvalue weighted by Crippen LogP contribution is -2.38. The van der Waals surface area contributed by atoms with Crippen LogP contribution in [0.4, 0.5) is 4.39 Å². The zero-order valence-electron chi connectivity index (χ0n) is 11.5. The molecule has 0 aliphatic carbocycles. The Morgan fingerprint density at radius 1 is 1.45 bits per heavy atom. The van der Waals surface area contributed by atoms with E-state index in [-0.39, 0.29) is 17.6 Å². The lowest BCUT2D eigenvalue weighted by Gasteiger charge is -2.16. The Balaban J connectivity index is 2.10. The van der Waals surface area contributed by atoms with Gasteiger partial charge in [-0.05, 0) is 25.0 Å². The topological polar surface area (TPSA) is 60.2 Å². The summed E-state index contributed by atoms with van der Waals surface area (Å²) in [6.07, 6.45) is 1.15. The van der Waals surface area contributed by atoms with E-state index in [1.54, 1.807) is 29.5 Å². The van der Waals surface area contributed by atoms with Gasteiger partial charge in [-0.15, -0.1) is 11.3 Å². The summed E-state index contributed by atoms with van der Waals surface area (Å²) in [5.41, 5.74) is 4.28. The Morgan fingerprint density at radius 3 is 2.85 bits per heavy atom. The maximum absolute atomic E-state index is 14.1. The normalized spacial score (nSPS) is 12.4. The van der Waals surface area contributed by atoms with Crippen LogP contribution in [0.2, 0.25) is 0 Å². The minimum absolute atomic E-state index is 0.0712. The maximum atomic E-state index is 14.1. The first-order chi connectivity index (χ1) is 9.63. The summed E-state index contributed by atoms with van der Waals surface area (Å²) in [4.78, 5) is 4.40. The molecule has 0 amide bonds. The molecular weight excluding hydrogens is 277 g/mol. The van der Waals surface area contributed by atoms with Crippen molar-refractivity contribution in [2.24, 2.45) is 5.84 Å². The molecule has 0 saturated heterocycles. The molecule has 0 aliphatic heterocycles. The number of hydrogen-bond acceptors (Lipinski definition) is 5. The van der Waals surface area contributed by atoms with Crippen molar-refractivity contribution in [2.75, 3.05) is 7.11 Å². The van der Waals surface area contributed by atoms with Crippen LogP contribution in [0.25, 0.3) is 0 Å². The fraction of sp³-hybridized carbons (Fsp3) is 0.357. The monoisotopic (exact) mass is 295 g/mol. The molecule has 1 atom stereocenters. The Morgan fingerprint density at radius 2 is 2.25 bits per heavy atom. The van der Waals surface area contributed by atoms with Gasteiger partial charge in [-0.2, -0.15) is 0 Å². The first kappa shape index (κ1) is 14.9. The van der Waals surface area contributed by atoms with Gasteiger partial charge >= 0.3 is 0 Å². The molecule has 0 radical (unpaired) electrons. The highest BCUT2D eigenvalue weighted by Crippen LogP contribution is 2.21. The summed E-state index contributed by atoms with van der Waals surface area (Å²) < 4.78 is 19.1. The first-order valence-corrected chi connectivity index (χ1v) is 7.20. The van der Waals surface area contributed by atoms with Crippen molar-refractivity contribution in [3.8, 4) is 5.75 Å². The number of benzene rings is 1. The van der Waals surface area contributed by atoms with Crippen LogP contribution in [-0.2, 0) is 12.8 Å². The molecule has 1 aromatic heterocycles. The molecule has 1 aromatic carbocycles. The number of nitrogens with two attached hydrogens (primary N) is 1. The highest BCUT2D eigenvalue weighted by Gasteiger charge is 2.15. The average Bonchev–Trinajstić information content (AvgIpc) is 2.85. The molecule has 1 heterocycles. The molecule has 2 rings (SSSR count). The van der Waals surface area contributed by atoms with Crippen LogP contribution in [-0.4, -0.2) is 18.1 Å². The second kappa shape index (κ2) is 6.78. The van der Waals surface area contributed by atoms with Gasteiger partial charge < -0.3 is 4.74 Å². The second-order valence-corrected chi connectivity index (χ2v) is 5.63. The third-order valence-corrected chi connectivity index (χ3v) is 3.91. The number of halogens is 1. The van der Waals surface area contributed by atoms with Crippen molar-refractivity contribution >= 4 is 11.3 Å². The van der Waals surface area contributed by atoms with E-state index in [9.17, 15) is 4.39 Å². The Kier molecular flexibility index (Phi) is 5.05. The van der Waals surface area contributed by atoms with Gasteiger partial charge in [0.1, 0.15) is 0 Å². The molecule has 0 bridgehead atoms. The van der Waals surface area contributed by atoms with Crippen LogP contribution in [0.5, 0.6) is 5.75 Å². The Labute approximate surface area is 121 Å². The van der Waals surface area contributed by atoms with E-state index in [0.717, 1.165) is 10.7 Å². The summed E-state index contributed by atoms with van der Waals surface area (Å²) in [6.45, 7) is 1.96. The summed E-state index contributed by atoms with van der Waals surface area (Å²) in [6, 6.07) is 5.05. The van der Waals surface area contributed by atoms with Crippen LogP contribution in [0, 0.1) is 12.7 Å². The van der Waals surface area contributed by atoms with Crippen LogP contribution in [0.15, 0.2) is 23.6 Å². The molecule has 0 spiro atoms. The van der Waals surface area contributed by atoms with Gasteiger partial charge in [0.15, 0.2) is 11.6 Å². The van der Waals surface area contributed by atoms with Crippen molar-refractivity contribution < 1.29 is 9.13 Å². The molecule has 0 saturated carbocycles. The zero-order chi connectivity index (χ0) is 14.5. The smallest absolute Gasteiger partial charge is 0.168 e. The molecule has 1 unspecified atom stereocenters. The van der Waals surface area contributed by atoms with Crippen LogP contribution < -0.4 is 16.0 Å². The molecular formula is C14H18FN3OS. The third-order valence-electron chi connectivity index (χ3n) is 3.09. The summed E-state index contributed by atoms with van der Waals surface area (Å²) in [5.74, 6) is 5.49. The highest BCUT2D eigenvalue weighted by atomic mass is 32.1. The number of methoxy groups -OCH3 is 1. The van der Waals surface area contributed by atoms with Gasteiger partial charge in [0.05, 0.1) is 17.8 Å². The van der Waals surface area contributed by atoms with Crippen molar-refractivity contribution in [2.45, 2.75) is 25.8 Å². The minimum Gasteiger partial charge on any atom is -0.494 e. The van der Waals surface area contributed by atoms with Crippen LogP contribution in [0.3, 0.4) is 0 Å². The number of thiazole rings is 1. The number of aryl methyl sites for hydroxylation is 1. The number of aromatic nitrogens is 1. The summed E-state index contributed by atoms with van der Waals surface area (Å²) >= 11 is 1.60. The van der Waals surface area contributed by atoms with Crippen LogP contribution in [0.1, 0.15) is 16.3 Å². The van der Waals surface area contributed by atoms with Gasteiger partial charge in [-0.1, -0.05) is 12.1 Å². The first-order valence-electron chi connectivity index (χ1n) is 6.32. The van der Waals surface area contributed by atoms with Gasteiger partial charge in [0, 0.05) is 17.8 Å². The summed E-state index contributed by atoms with van der Waals surface area (Å²) in [7, 11) is 1.46. The fourth-order valence-corrected chi connectivity index (χ4v) is 2.71. The number of rotatable bonds is 6. The van der Waals surface area contributed by atoms with E-state index in [1.807, 2.05) is 12.3 Å². The standard InChI is InChI=1S/C14H18FN3OS/c1-9-17-12(8-20-9)7-11(18-16)6-10-4-3-5-13(19-2)14(10)15/h3-5,8,11,18H,6-7,16H2,1-2H3. The quantitative estimate of drug-likeness (QED) is 0.634. The van der Waals surface area contributed by atoms with Gasteiger partial charge in [-0.3, -0.25) is 11.3 Å².